The first-order valence-electron chi connectivity index (χ1n) is 10.1. The molecule has 0 aromatic rings. The molecule has 0 bridgehead atoms. The molecule has 8 heteroatoms. The first-order chi connectivity index (χ1) is 13.2. The first-order valence-corrected chi connectivity index (χ1v) is 10.1. The summed E-state index contributed by atoms with van der Waals surface area (Å²) in [4.78, 5) is 31.7. The minimum absolute atomic E-state index is 0.0209. The van der Waals surface area contributed by atoms with Crippen LogP contribution in [-0.2, 0) is 9.53 Å². The molecule has 0 aromatic carbocycles. The maximum atomic E-state index is 14.4. The van der Waals surface area contributed by atoms with E-state index in [1.807, 2.05) is 13.8 Å². The summed E-state index contributed by atoms with van der Waals surface area (Å²) in [5.74, 6) is -2.00. The summed E-state index contributed by atoms with van der Waals surface area (Å²) in [5, 5.41) is 0. The van der Waals surface area contributed by atoms with Crippen LogP contribution in [0.4, 0.5) is 13.6 Å². The average molecular weight is 395 g/mol. The molecule has 28 heavy (non-hydrogen) atoms. The maximum absolute atomic E-state index is 14.4. The number of carbonyl (C=O) groups is 2. The average Bonchev–Trinajstić information content (AvgIpc) is 3.44. The van der Waals surface area contributed by atoms with E-state index in [1.54, 1.807) is 6.20 Å². The third-order valence-electron chi connectivity index (χ3n) is 6.49. The molecule has 154 valence electrons. The summed E-state index contributed by atoms with van der Waals surface area (Å²) in [7, 11) is 0. The fourth-order valence-electron chi connectivity index (χ4n) is 4.76. The van der Waals surface area contributed by atoms with Crippen LogP contribution in [0.2, 0.25) is 0 Å². The van der Waals surface area contributed by atoms with E-state index < -0.39 is 31.0 Å². The van der Waals surface area contributed by atoms with E-state index in [0.29, 0.717) is 30.7 Å². The van der Waals surface area contributed by atoms with Crippen LogP contribution < -0.4 is 0 Å². The van der Waals surface area contributed by atoms with Gasteiger partial charge in [0.05, 0.1) is 12.6 Å². The molecule has 4 unspecified atom stereocenters. The summed E-state index contributed by atoms with van der Waals surface area (Å²) in [5.41, 5.74) is 1.16. The van der Waals surface area contributed by atoms with E-state index >= 15 is 0 Å². The number of likely N-dealkylation sites (tertiary alicyclic amines) is 2. The lowest BCUT2D eigenvalue weighted by atomic mass is 9.98. The highest BCUT2D eigenvalue weighted by Crippen LogP contribution is 2.50. The maximum Gasteiger partial charge on any atom is 0.416 e. The van der Waals surface area contributed by atoms with Crippen LogP contribution in [0.15, 0.2) is 16.8 Å². The molecule has 4 aliphatic rings. The van der Waals surface area contributed by atoms with Crippen molar-refractivity contribution < 1.29 is 23.1 Å². The van der Waals surface area contributed by atoms with Crippen molar-refractivity contribution in [1.82, 2.24) is 9.80 Å². The fraction of sp³-hybridized carbons (Fsp3) is 0.750. The summed E-state index contributed by atoms with van der Waals surface area (Å²) in [6.07, 6.45) is 3.53. The zero-order chi connectivity index (χ0) is 20.1. The van der Waals surface area contributed by atoms with Gasteiger partial charge >= 0.3 is 6.09 Å². The highest BCUT2D eigenvalue weighted by Gasteiger charge is 2.48. The normalized spacial score (nSPS) is 34.8. The van der Waals surface area contributed by atoms with Gasteiger partial charge in [0.2, 0.25) is 11.8 Å². The minimum atomic E-state index is -3.05. The topological polar surface area (TPSA) is 62.2 Å². The SMILES string of the molecule is CC1=CN=C(OC(=O)N2CC(N3CCCCC3=O)CC(F)(F)C2)C(C)C2CC12. The molecule has 0 radical (unpaired) electrons. The molecule has 0 spiro atoms. The molecule has 4 atom stereocenters. The Labute approximate surface area is 163 Å². The Hall–Kier alpha value is -1.99. The summed E-state index contributed by atoms with van der Waals surface area (Å²) >= 11 is 0. The number of allylic oxidation sites excluding steroid dienone is 1. The van der Waals surface area contributed by atoms with E-state index in [0.717, 1.165) is 29.7 Å². The number of rotatable bonds is 1. The van der Waals surface area contributed by atoms with Gasteiger partial charge in [-0.1, -0.05) is 12.5 Å². The number of carbonyl (C=O) groups excluding carboxylic acids is 2. The van der Waals surface area contributed by atoms with E-state index in [2.05, 4.69) is 4.99 Å². The van der Waals surface area contributed by atoms with Crippen molar-refractivity contribution in [3.05, 3.63) is 11.8 Å². The van der Waals surface area contributed by atoms with E-state index in [9.17, 15) is 18.4 Å². The highest BCUT2D eigenvalue weighted by atomic mass is 19.3. The Bertz CT molecular complexity index is 736. The van der Waals surface area contributed by atoms with Crippen molar-refractivity contribution >= 4 is 17.9 Å². The number of hydrogen-bond acceptors (Lipinski definition) is 4. The molecule has 0 N–H and O–H groups in total. The van der Waals surface area contributed by atoms with E-state index in [-0.39, 0.29) is 18.4 Å². The number of ether oxygens (including phenoxy) is 1. The number of hydrogen-bond donors (Lipinski definition) is 0. The molecular weight excluding hydrogens is 368 g/mol. The van der Waals surface area contributed by atoms with Gasteiger partial charge in [0.25, 0.3) is 5.92 Å². The van der Waals surface area contributed by atoms with E-state index in [1.165, 1.54) is 4.90 Å². The predicted molar refractivity (Wildman–Crippen MR) is 98.9 cm³/mol. The number of piperidine rings is 2. The highest BCUT2D eigenvalue weighted by molar-refractivity contribution is 5.90. The molecule has 3 aliphatic heterocycles. The number of aliphatic imine (C=N–C) groups is 1. The minimum Gasteiger partial charge on any atom is -0.395 e. The number of amides is 2. The Kier molecular flexibility index (Phi) is 4.91. The molecule has 3 fully saturated rings. The van der Waals surface area contributed by atoms with Crippen molar-refractivity contribution in [2.45, 2.75) is 57.9 Å². The van der Waals surface area contributed by atoms with Crippen molar-refractivity contribution in [1.29, 1.82) is 0 Å². The smallest absolute Gasteiger partial charge is 0.395 e. The quantitative estimate of drug-likeness (QED) is 0.683. The molecule has 3 heterocycles. The Morgan fingerprint density at radius 2 is 2.14 bits per heavy atom. The van der Waals surface area contributed by atoms with Crippen molar-refractivity contribution in [2.24, 2.45) is 22.7 Å². The second-order valence-electron chi connectivity index (χ2n) is 8.64. The van der Waals surface area contributed by atoms with Crippen LogP contribution >= 0.6 is 0 Å². The van der Waals surface area contributed by atoms with Crippen LogP contribution in [0.5, 0.6) is 0 Å². The third-order valence-corrected chi connectivity index (χ3v) is 6.49. The standard InChI is InChI=1S/C20H27F2N3O3/c1-12-9-23-18(13(2)16-7-15(12)16)28-19(27)24-10-14(8-20(21,22)11-24)25-6-4-3-5-17(25)26/h9,13-16H,3-8,10-11H2,1-2H3. The second kappa shape index (κ2) is 7.12. The molecular formula is C20H27F2N3O3. The van der Waals surface area contributed by atoms with Crippen LogP contribution in [0.3, 0.4) is 0 Å². The molecule has 0 aromatic heterocycles. The van der Waals surface area contributed by atoms with Crippen molar-refractivity contribution in [3.63, 3.8) is 0 Å². The largest absolute Gasteiger partial charge is 0.416 e. The van der Waals surface area contributed by atoms with Crippen molar-refractivity contribution in [3.8, 4) is 0 Å². The fourth-order valence-corrected chi connectivity index (χ4v) is 4.76. The van der Waals surface area contributed by atoms with Gasteiger partial charge in [-0.25, -0.2) is 18.6 Å². The van der Waals surface area contributed by atoms with Gasteiger partial charge in [-0.05, 0) is 38.0 Å². The van der Waals surface area contributed by atoms with Gasteiger partial charge in [0, 0.05) is 38.0 Å². The first kappa shape index (κ1) is 19.3. The molecule has 1 saturated carbocycles. The number of fused-ring (bicyclic) bond motifs is 1. The van der Waals surface area contributed by atoms with Crippen LogP contribution in [0.25, 0.3) is 0 Å². The number of nitrogens with zero attached hydrogens (tertiary/aromatic N) is 3. The zero-order valence-electron chi connectivity index (χ0n) is 16.4. The molecule has 2 amide bonds. The van der Waals surface area contributed by atoms with Gasteiger partial charge in [-0.15, -0.1) is 0 Å². The van der Waals surface area contributed by atoms with Crippen LogP contribution in [0.1, 0.15) is 46.0 Å². The van der Waals surface area contributed by atoms with Crippen LogP contribution in [0, 0.1) is 17.8 Å². The molecule has 4 rings (SSSR count). The van der Waals surface area contributed by atoms with Gasteiger partial charge in [0.15, 0.2) is 0 Å². The number of halogens is 2. The van der Waals surface area contributed by atoms with Crippen molar-refractivity contribution in [2.75, 3.05) is 19.6 Å². The monoisotopic (exact) mass is 395 g/mol. The number of alkyl halides is 2. The Morgan fingerprint density at radius 3 is 2.89 bits per heavy atom. The molecule has 2 saturated heterocycles. The zero-order valence-corrected chi connectivity index (χ0v) is 16.4. The Balaban J connectivity index is 1.46. The molecule has 1 aliphatic carbocycles. The lowest BCUT2D eigenvalue weighted by molar-refractivity contribution is -0.142. The summed E-state index contributed by atoms with van der Waals surface area (Å²) in [6.45, 7) is 3.83. The van der Waals surface area contributed by atoms with Gasteiger partial charge in [-0.3, -0.25) is 9.69 Å². The van der Waals surface area contributed by atoms with E-state index in [4.69, 9.17) is 4.74 Å². The van der Waals surface area contributed by atoms with Gasteiger partial charge in [-0.2, -0.15) is 0 Å². The van der Waals surface area contributed by atoms with Gasteiger partial charge < -0.3 is 9.64 Å². The van der Waals surface area contributed by atoms with Crippen LogP contribution in [-0.4, -0.2) is 59.3 Å². The van der Waals surface area contributed by atoms with Gasteiger partial charge in [0.1, 0.15) is 0 Å². The lowest BCUT2D eigenvalue weighted by Gasteiger charge is -2.43. The summed E-state index contributed by atoms with van der Waals surface area (Å²) < 4.78 is 34.2. The third kappa shape index (κ3) is 3.78. The molecule has 6 nitrogen and oxygen atoms in total. The lowest BCUT2D eigenvalue weighted by Crippen LogP contribution is -2.59. The Morgan fingerprint density at radius 1 is 1.36 bits per heavy atom. The second-order valence-corrected chi connectivity index (χ2v) is 8.64. The predicted octanol–water partition coefficient (Wildman–Crippen LogP) is 3.43. The summed E-state index contributed by atoms with van der Waals surface area (Å²) in [6, 6.07) is -0.674.